The molecule has 4 rings (SSSR count). The number of carbonyl (C=O) groups is 1. The normalized spacial score (nSPS) is 18.3. The molecule has 1 saturated carbocycles. The van der Waals surface area contributed by atoms with Crippen LogP contribution in [0.2, 0.25) is 5.02 Å². The maximum atomic E-state index is 13.2. The highest BCUT2D eigenvalue weighted by Crippen LogP contribution is 2.46. The number of amides is 1. The monoisotopic (exact) mass is 494 g/mol. The number of piperazine rings is 1. The summed E-state index contributed by atoms with van der Waals surface area (Å²) in [5.74, 6) is -0.340. The molecule has 1 saturated heterocycles. The standard InChI is InChI=1S/C18H22ClF3N6O3S/c1-25-11-13(10-23-25)32(30,31)27-8-6-26(7-9-27)14(29)4-5-28-16(12-2-3-12)15(19)17(24-28)18(20,21)22/h10-12H,2-9H2,1H3. The summed E-state index contributed by atoms with van der Waals surface area (Å²) in [6.07, 6.45) is -0.548. The lowest BCUT2D eigenvalue weighted by molar-refractivity contribution is -0.141. The van der Waals surface area contributed by atoms with Gasteiger partial charge in [0, 0.05) is 51.8 Å². The summed E-state index contributed by atoms with van der Waals surface area (Å²) in [5.41, 5.74) is -0.790. The molecule has 9 nitrogen and oxygen atoms in total. The molecular weight excluding hydrogens is 473 g/mol. The van der Waals surface area contributed by atoms with Crippen molar-refractivity contribution in [2.24, 2.45) is 7.05 Å². The van der Waals surface area contributed by atoms with E-state index in [0.29, 0.717) is 5.69 Å². The van der Waals surface area contributed by atoms with E-state index in [1.54, 1.807) is 7.05 Å². The van der Waals surface area contributed by atoms with Crippen LogP contribution in [0.4, 0.5) is 13.2 Å². The maximum Gasteiger partial charge on any atom is 0.436 e. The van der Waals surface area contributed by atoms with Crippen molar-refractivity contribution in [3.63, 3.8) is 0 Å². The van der Waals surface area contributed by atoms with Crippen LogP contribution < -0.4 is 0 Å². The highest BCUT2D eigenvalue weighted by Gasteiger charge is 2.42. The van der Waals surface area contributed by atoms with Crippen molar-refractivity contribution in [2.45, 2.75) is 42.8 Å². The molecule has 14 heteroatoms. The molecule has 0 atom stereocenters. The van der Waals surface area contributed by atoms with E-state index in [4.69, 9.17) is 11.6 Å². The molecule has 2 aromatic rings. The number of rotatable bonds is 6. The number of hydrogen-bond donors (Lipinski definition) is 0. The van der Waals surface area contributed by atoms with E-state index in [1.165, 1.54) is 31.0 Å². The molecule has 0 N–H and O–H groups in total. The second-order valence-corrected chi connectivity index (χ2v) is 10.2. The Bertz CT molecular complexity index is 1120. The second-order valence-electron chi connectivity index (χ2n) is 7.93. The van der Waals surface area contributed by atoms with Crippen LogP contribution in [0.25, 0.3) is 0 Å². The fourth-order valence-corrected chi connectivity index (χ4v) is 5.58. The lowest BCUT2D eigenvalue weighted by atomic mass is 10.2. The Balaban J connectivity index is 1.37. The Morgan fingerprint density at radius 3 is 2.41 bits per heavy atom. The third-order valence-corrected chi connectivity index (χ3v) is 7.84. The van der Waals surface area contributed by atoms with Gasteiger partial charge in [0.05, 0.1) is 23.5 Å². The SMILES string of the molecule is Cn1cc(S(=O)(=O)N2CCN(C(=O)CCn3nc(C(F)(F)F)c(Cl)c3C3CC3)CC2)cn1. The Hall–Kier alpha value is -2.12. The molecule has 2 fully saturated rings. The number of aromatic nitrogens is 4. The number of carbonyl (C=O) groups excluding carboxylic acids is 1. The average molecular weight is 495 g/mol. The molecule has 0 spiro atoms. The summed E-state index contributed by atoms with van der Waals surface area (Å²) in [5, 5.41) is 7.12. The van der Waals surface area contributed by atoms with E-state index in [-0.39, 0.29) is 60.9 Å². The van der Waals surface area contributed by atoms with Crippen molar-refractivity contribution in [3.8, 4) is 0 Å². The zero-order valence-corrected chi connectivity index (χ0v) is 18.8. The summed E-state index contributed by atoms with van der Waals surface area (Å²) >= 11 is 5.96. The van der Waals surface area contributed by atoms with Gasteiger partial charge in [-0.1, -0.05) is 11.6 Å². The van der Waals surface area contributed by atoms with E-state index < -0.39 is 21.9 Å². The Morgan fingerprint density at radius 1 is 1.22 bits per heavy atom. The number of aryl methyl sites for hydroxylation is 2. The Kier molecular flexibility index (Phi) is 6.01. The lowest BCUT2D eigenvalue weighted by Gasteiger charge is -2.33. The van der Waals surface area contributed by atoms with Gasteiger partial charge in [0.25, 0.3) is 0 Å². The van der Waals surface area contributed by atoms with Crippen LogP contribution in [-0.4, -0.2) is 69.3 Å². The van der Waals surface area contributed by atoms with Crippen LogP contribution in [0.5, 0.6) is 0 Å². The summed E-state index contributed by atoms with van der Waals surface area (Å²) in [6.45, 7) is 0.627. The van der Waals surface area contributed by atoms with Crippen LogP contribution in [0, 0.1) is 0 Å². The van der Waals surface area contributed by atoms with E-state index in [1.807, 2.05) is 0 Å². The zero-order chi connectivity index (χ0) is 23.3. The van der Waals surface area contributed by atoms with Gasteiger partial charge in [-0.2, -0.15) is 27.7 Å². The van der Waals surface area contributed by atoms with Crippen LogP contribution in [-0.2, 0) is 34.6 Å². The predicted molar refractivity (Wildman–Crippen MR) is 107 cm³/mol. The third kappa shape index (κ3) is 4.50. The molecular formula is C18H22ClF3N6O3S. The fourth-order valence-electron chi connectivity index (χ4n) is 3.77. The van der Waals surface area contributed by atoms with Gasteiger partial charge in [-0.25, -0.2) is 8.42 Å². The van der Waals surface area contributed by atoms with Crippen LogP contribution in [0.3, 0.4) is 0 Å². The first-order chi connectivity index (χ1) is 15.0. The highest BCUT2D eigenvalue weighted by molar-refractivity contribution is 7.89. The van der Waals surface area contributed by atoms with Crippen LogP contribution >= 0.6 is 11.6 Å². The Labute approximate surface area is 187 Å². The summed E-state index contributed by atoms with van der Waals surface area (Å²) in [4.78, 5) is 14.2. The topological polar surface area (TPSA) is 93.3 Å². The van der Waals surface area contributed by atoms with Gasteiger partial charge in [0.15, 0.2) is 5.69 Å². The molecule has 2 aromatic heterocycles. The molecule has 1 aliphatic carbocycles. The number of nitrogens with zero attached hydrogens (tertiary/aromatic N) is 6. The summed E-state index contributed by atoms with van der Waals surface area (Å²) in [6, 6.07) is 0. The van der Waals surface area contributed by atoms with Crippen LogP contribution in [0.15, 0.2) is 17.3 Å². The molecule has 32 heavy (non-hydrogen) atoms. The lowest BCUT2D eigenvalue weighted by Crippen LogP contribution is -2.50. The van der Waals surface area contributed by atoms with E-state index >= 15 is 0 Å². The fraction of sp³-hybridized carbons (Fsp3) is 0.611. The van der Waals surface area contributed by atoms with Crippen molar-refractivity contribution < 1.29 is 26.4 Å². The molecule has 0 aromatic carbocycles. The molecule has 1 amide bonds. The molecule has 176 valence electrons. The second kappa shape index (κ2) is 8.34. The van der Waals surface area contributed by atoms with Gasteiger partial charge in [-0.3, -0.25) is 14.2 Å². The molecule has 2 aliphatic rings. The number of sulfonamides is 1. The zero-order valence-electron chi connectivity index (χ0n) is 17.2. The minimum Gasteiger partial charge on any atom is -0.340 e. The van der Waals surface area contributed by atoms with Crippen LogP contribution in [0.1, 0.15) is 36.6 Å². The first-order valence-corrected chi connectivity index (χ1v) is 11.9. The van der Waals surface area contributed by atoms with E-state index in [9.17, 15) is 26.4 Å². The minimum atomic E-state index is -4.66. The minimum absolute atomic E-state index is 0.0192. The first kappa shape index (κ1) is 23.1. The van der Waals surface area contributed by atoms with Crippen molar-refractivity contribution in [1.82, 2.24) is 28.8 Å². The summed E-state index contributed by atoms with van der Waals surface area (Å²) in [7, 11) is -2.07. The first-order valence-electron chi connectivity index (χ1n) is 10.1. The van der Waals surface area contributed by atoms with E-state index in [0.717, 1.165) is 12.8 Å². The van der Waals surface area contributed by atoms with Gasteiger partial charge in [0.2, 0.25) is 15.9 Å². The molecule has 0 bridgehead atoms. The molecule has 0 unspecified atom stereocenters. The smallest absolute Gasteiger partial charge is 0.340 e. The maximum absolute atomic E-state index is 13.2. The highest BCUT2D eigenvalue weighted by atomic mass is 35.5. The molecule has 0 radical (unpaired) electrons. The number of alkyl halides is 3. The number of halogens is 4. The van der Waals surface area contributed by atoms with Gasteiger partial charge in [0.1, 0.15) is 4.90 Å². The van der Waals surface area contributed by atoms with Gasteiger partial charge >= 0.3 is 6.18 Å². The van der Waals surface area contributed by atoms with E-state index in [2.05, 4.69) is 10.2 Å². The van der Waals surface area contributed by atoms with Crippen molar-refractivity contribution in [2.75, 3.05) is 26.2 Å². The average Bonchev–Trinajstić information content (AvgIpc) is 3.36. The quantitative estimate of drug-likeness (QED) is 0.613. The largest absolute Gasteiger partial charge is 0.436 e. The third-order valence-electron chi connectivity index (χ3n) is 5.61. The van der Waals surface area contributed by atoms with Crippen molar-refractivity contribution in [3.05, 3.63) is 28.8 Å². The van der Waals surface area contributed by atoms with Crippen molar-refractivity contribution in [1.29, 1.82) is 0 Å². The molecule has 3 heterocycles. The Morgan fingerprint density at radius 2 is 1.88 bits per heavy atom. The predicted octanol–water partition coefficient (Wildman–Crippen LogP) is 2.09. The van der Waals surface area contributed by atoms with Gasteiger partial charge in [-0.05, 0) is 12.8 Å². The van der Waals surface area contributed by atoms with Gasteiger partial charge < -0.3 is 4.90 Å². The van der Waals surface area contributed by atoms with Gasteiger partial charge in [-0.15, -0.1) is 0 Å². The number of hydrogen-bond acceptors (Lipinski definition) is 5. The molecule has 1 aliphatic heterocycles. The van der Waals surface area contributed by atoms with Crippen molar-refractivity contribution >= 4 is 27.5 Å². The summed E-state index contributed by atoms with van der Waals surface area (Å²) < 4.78 is 68.8.